The normalized spacial score (nSPS) is 18.8. The Balaban J connectivity index is 1.91. The largest absolute Gasteiger partial charge is 0.361 e. The van der Waals surface area contributed by atoms with E-state index in [0.29, 0.717) is 17.0 Å². The van der Waals surface area contributed by atoms with Crippen LogP contribution in [0.25, 0.3) is 0 Å². The van der Waals surface area contributed by atoms with Gasteiger partial charge in [-0.3, -0.25) is 4.79 Å². The highest BCUT2D eigenvalue weighted by Crippen LogP contribution is 2.33. The Kier molecular flexibility index (Phi) is 3.08. The summed E-state index contributed by atoms with van der Waals surface area (Å²) in [6.07, 6.45) is 1.87. The minimum atomic E-state index is -0.0376. The van der Waals surface area contributed by atoms with Crippen molar-refractivity contribution >= 4 is 5.91 Å². The molecular formula is C14H17N3O3. The van der Waals surface area contributed by atoms with Gasteiger partial charge >= 0.3 is 0 Å². The first kappa shape index (κ1) is 12.9. The Morgan fingerprint density at radius 2 is 2.10 bits per heavy atom. The molecule has 0 radical (unpaired) electrons. The fourth-order valence-corrected chi connectivity index (χ4v) is 2.79. The maximum atomic E-state index is 12.7. The van der Waals surface area contributed by atoms with Crippen LogP contribution in [0.1, 0.15) is 52.1 Å². The smallest absolute Gasteiger partial charge is 0.259 e. The van der Waals surface area contributed by atoms with Crippen LogP contribution in [0.4, 0.5) is 0 Å². The molecule has 3 rings (SSSR count). The lowest BCUT2D eigenvalue weighted by molar-refractivity contribution is 0.0728. The zero-order valence-electron chi connectivity index (χ0n) is 11.8. The van der Waals surface area contributed by atoms with Gasteiger partial charge in [-0.05, 0) is 33.6 Å². The summed E-state index contributed by atoms with van der Waals surface area (Å²) in [4.78, 5) is 14.5. The summed E-state index contributed by atoms with van der Waals surface area (Å²) in [5.41, 5.74) is 2.02. The maximum absolute atomic E-state index is 12.7. The quantitative estimate of drug-likeness (QED) is 0.842. The summed E-state index contributed by atoms with van der Waals surface area (Å²) in [5.74, 6) is 1.29. The highest BCUT2D eigenvalue weighted by molar-refractivity contribution is 5.96. The van der Waals surface area contributed by atoms with E-state index in [0.717, 1.165) is 30.8 Å². The first-order valence-electron chi connectivity index (χ1n) is 6.75. The van der Waals surface area contributed by atoms with E-state index < -0.39 is 0 Å². The van der Waals surface area contributed by atoms with Gasteiger partial charge in [0.25, 0.3) is 5.91 Å². The molecule has 2 aromatic heterocycles. The molecule has 0 bridgehead atoms. The summed E-state index contributed by atoms with van der Waals surface area (Å²) in [6.45, 7) is 6.12. The Hall–Kier alpha value is -2.11. The van der Waals surface area contributed by atoms with Crippen molar-refractivity contribution < 1.29 is 13.8 Å². The van der Waals surface area contributed by atoms with Crippen molar-refractivity contribution in [2.75, 3.05) is 6.54 Å². The number of carbonyl (C=O) groups is 1. The molecule has 6 heteroatoms. The van der Waals surface area contributed by atoms with Crippen molar-refractivity contribution in [3.8, 4) is 0 Å². The molecule has 0 spiro atoms. The zero-order chi connectivity index (χ0) is 14.3. The van der Waals surface area contributed by atoms with Crippen molar-refractivity contribution in [3.63, 3.8) is 0 Å². The van der Waals surface area contributed by atoms with E-state index in [1.165, 1.54) is 0 Å². The van der Waals surface area contributed by atoms with Crippen LogP contribution in [0.15, 0.2) is 15.1 Å². The summed E-state index contributed by atoms with van der Waals surface area (Å²) in [7, 11) is 0. The van der Waals surface area contributed by atoms with Crippen LogP contribution in [0.3, 0.4) is 0 Å². The summed E-state index contributed by atoms with van der Waals surface area (Å²) in [6, 6.07) is 1.87. The van der Waals surface area contributed by atoms with Crippen LogP contribution in [-0.2, 0) is 0 Å². The molecule has 6 nitrogen and oxygen atoms in total. The number of hydrogen-bond donors (Lipinski definition) is 0. The van der Waals surface area contributed by atoms with Crippen molar-refractivity contribution in [2.45, 2.75) is 39.7 Å². The van der Waals surface area contributed by atoms with Crippen LogP contribution >= 0.6 is 0 Å². The number of aromatic nitrogens is 2. The van der Waals surface area contributed by atoms with Gasteiger partial charge in [0.05, 0.1) is 11.7 Å². The molecule has 0 N–H and O–H groups in total. The van der Waals surface area contributed by atoms with Crippen molar-refractivity contribution in [3.05, 3.63) is 34.5 Å². The molecule has 2 aromatic rings. The van der Waals surface area contributed by atoms with E-state index >= 15 is 0 Å². The Labute approximate surface area is 116 Å². The second-order valence-corrected chi connectivity index (χ2v) is 5.22. The van der Waals surface area contributed by atoms with Crippen LogP contribution < -0.4 is 0 Å². The van der Waals surface area contributed by atoms with E-state index in [1.54, 1.807) is 13.8 Å². The van der Waals surface area contributed by atoms with Gasteiger partial charge in [-0.2, -0.15) is 0 Å². The first-order chi connectivity index (χ1) is 9.58. The average molecular weight is 275 g/mol. The SMILES string of the molecule is Cc1cc(C2CCCN2C(=O)c2c(C)noc2C)no1. The number of carbonyl (C=O) groups excluding carboxylic acids is 1. The number of rotatable bonds is 2. The Morgan fingerprint density at radius 1 is 1.30 bits per heavy atom. The van der Waals surface area contributed by atoms with Gasteiger partial charge in [-0.25, -0.2) is 0 Å². The molecule has 0 aliphatic carbocycles. The molecule has 1 atom stereocenters. The van der Waals surface area contributed by atoms with Crippen LogP contribution in [0, 0.1) is 20.8 Å². The van der Waals surface area contributed by atoms with Gasteiger partial charge in [0.2, 0.25) is 0 Å². The minimum absolute atomic E-state index is 0.0198. The number of hydrogen-bond acceptors (Lipinski definition) is 5. The molecule has 1 amide bonds. The maximum Gasteiger partial charge on any atom is 0.259 e. The fraction of sp³-hybridized carbons (Fsp3) is 0.500. The number of likely N-dealkylation sites (tertiary alicyclic amines) is 1. The third-order valence-corrected chi connectivity index (χ3v) is 3.75. The molecule has 1 aliphatic rings. The predicted molar refractivity (Wildman–Crippen MR) is 70.2 cm³/mol. The first-order valence-corrected chi connectivity index (χ1v) is 6.75. The molecule has 1 unspecified atom stereocenters. The second-order valence-electron chi connectivity index (χ2n) is 5.22. The van der Waals surface area contributed by atoms with Crippen LogP contribution in [0.2, 0.25) is 0 Å². The zero-order valence-corrected chi connectivity index (χ0v) is 11.8. The van der Waals surface area contributed by atoms with Gasteiger partial charge in [0.1, 0.15) is 22.8 Å². The highest BCUT2D eigenvalue weighted by atomic mass is 16.5. The molecular weight excluding hydrogens is 258 g/mol. The van der Waals surface area contributed by atoms with Gasteiger partial charge in [-0.15, -0.1) is 0 Å². The summed E-state index contributed by atoms with van der Waals surface area (Å²) >= 11 is 0. The van der Waals surface area contributed by atoms with Crippen LogP contribution in [-0.4, -0.2) is 27.7 Å². The topological polar surface area (TPSA) is 72.4 Å². The molecule has 1 aliphatic heterocycles. The minimum Gasteiger partial charge on any atom is -0.361 e. The van der Waals surface area contributed by atoms with Crippen molar-refractivity contribution in [1.29, 1.82) is 0 Å². The lowest BCUT2D eigenvalue weighted by Crippen LogP contribution is -2.31. The van der Waals surface area contributed by atoms with Gasteiger partial charge in [-0.1, -0.05) is 10.3 Å². The number of aryl methyl sites for hydroxylation is 3. The van der Waals surface area contributed by atoms with Gasteiger partial charge in [0.15, 0.2) is 0 Å². The van der Waals surface area contributed by atoms with Crippen molar-refractivity contribution in [2.24, 2.45) is 0 Å². The second kappa shape index (κ2) is 4.77. The monoisotopic (exact) mass is 275 g/mol. The molecule has 3 heterocycles. The molecule has 106 valence electrons. The molecule has 0 saturated carbocycles. The van der Waals surface area contributed by atoms with E-state index in [1.807, 2.05) is 17.9 Å². The van der Waals surface area contributed by atoms with Gasteiger partial charge in [0, 0.05) is 12.6 Å². The van der Waals surface area contributed by atoms with Crippen LogP contribution in [0.5, 0.6) is 0 Å². The number of amides is 1. The highest BCUT2D eigenvalue weighted by Gasteiger charge is 2.34. The van der Waals surface area contributed by atoms with E-state index in [-0.39, 0.29) is 11.9 Å². The molecule has 20 heavy (non-hydrogen) atoms. The summed E-state index contributed by atoms with van der Waals surface area (Å²) in [5, 5.41) is 7.90. The van der Waals surface area contributed by atoms with Crippen molar-refractivity contribution in [1.82, 2.24) is 15.2 Å². The lowest BCUT2D eigenvalue weighted by Gasteiger charge is -2.22. The van der Waals surface area contributed by atoms with E-state index in [4.69, 9.17) is 9.05 Å². The predicted octanol–water partition coefficient (Wildman–Crippen LogP) is 2.57. The molecule has 0 aromatic carbocycles. The standard InChI is InChI=1S/C14H17N3O3/c1-8-7-11(16-19-8)12-5-4-6-17(12)14(18)13-9(2)15-20-10(13)3/h7,12H,4-6H2,1-3H3. The lowest BCUT2D eigenvalue weighted by atomic mass is 10.1. The molecule has 1 saturated heterocycles. The van der Waals surface area contributed by atoms with Gasteiger partial charge < -0.3 is 13.9 Å². The Morgan fingerprint density at radius 3 is 2.70 bits per heavy atom. The van der Waals surface area contributed by atoms with E-state index in [2.05, 4.69) is 10.3 Å². The summed E-state index contributed by atoms with van der Waals surface area (Å²) < 4.78 is 10.2. The third-order valence-electron chi connectivity index (χ3n) is 3.75. The fourth-order valence-electron chi connectivity index (χ4n) is 2.79. The molecule has 1 fully saturated rings. The third kappa shape index (κ3) is 2.01. The van der Waals surface area contributed by atoms with E-state index in [9.17, 15) is 4.79 Å². The average Bonchev–Trinajstić information content (AvgIpc) is 3.09. The number of nitrogens with zero attached hydrogens (tertiary/aromatic N) is 3. The Bertz CT molecular complexity index is 624.